The van der Waals surface area contributed by atoms with E-state index in [0.717, 1.165) is 24.2 Å². The number of fused-ring (bicyclic) bond motifs is 1. The summed E-state index contributed by atoms with van der Waals surface area (Å²) in [7, 11) is 0. The summed E-state index contributed by atoms with van der Waals surface area (Å²) in [6, 6.07) is 10.6. The largest absolute Gasteiger partial charge is 0.416 e. The van der Waals surface area contributed by atoms with E-state index in [1.807, 2.05) is 28.2 Å². The lowest BCUT2D eigenvalue weighted by Crippen LogP contribution is -2.52. The van der Waals surface area contributed by atoms with Crippen molar-refractivity contribution in [1.82, 2.24) is 14.8 Å². The highest BCUT2D eigenvalue weighted by molar-refractivity contribution is 7.09. The van der Waals surface area contributed by atoms with Crippen molar-refractivity contribution >= 4 is 40.4 Å². The summed E-state index contributed by atoms with van der Waals surface area (Å²) in [6.45, 7) is 4.81. The topological polar surface area (TPSA) is 77.1 Å². The number of piperidine rings is 1. The molecule has 2 aromatic carbocycles. The number of hydrogen-bond acceptors (Lipinski definition) is 7. The Morgan fingerprint density at radius 1 is 1.00 bits per heavy atom. The first-order valence-corrected chi connectivity index (χ1v) is 14.8. The Hall–Kier alpha value is -3.93. The summed E-state index contributed by atoms with van der Waals surface area (Å²) in [4.78, 5) is 51.6. The molecule has 1 atom stereocenters. The molecule has 220 valence electrons. The molecule has 0 unspecified atom stereocenters. The van der Waals surface area contributed by atoms with E-state index < -0.39 is 11.7 Å². The van der Waals surface area contributed by atoms with E-state index in [-0.39, 0.29) is 30.2 Å². The summed E-state index contributed by atoms with van der Waals surface area (Å²) >= 11 is 1.41. The number of halogens is 3. The molecule has 0 N–H and O–H groups in total. The smallest absolute Gasteiger partial charge is 0.370 e. The van der Waals surface area contributed by atoms with Gasteiger partial charge in [-0.1, -0.05) is 12.1 Å². The Labute approximate surface area is 245 Å². The van der Waals surface area contributed by atoms with Crippen LogP contribution >= 0.6 is 11.3 Å². The number of hydrogen-bond donors (Lipinski definition) is 0. The quantitative estimate of drug-likeness (QED) is 0.392. The van der Waals surface area contributed by atoms with Crippen molar-refractivity contribution < 1.29 is 27.6 Å². The van der Waals surface area contributed by atoms with Crippen LogP contribution in [0.1, 0.15) is 49.8 Å². The van der Waals surface area contributed by atoms with Crippen LogP contribution in [0.25, 0.3) is 0 Å². The number of imide groups is 1. The lowest BCUT2D eigenvalue weighted by Gasteiger charge is -2.40. The first kappa shape index (κ1) is 28.2. The second-order valence-electron chi connectivity index (χ2n) is 10.9. The number of nitrogens with zero attached hydrogens (tertiary/aromatic N) is 5. The molecule has 1 aromatic heterocycles. The molecule has 3 aromatic rings. The Kier molecular flexibility index (Phi) is 7.42. The average molecular weight is 598 g/mol. The summed E-state index contributed by atoms with van der Waals surface area (Å²) in [5, 5.41) is 2.58. The first-order valence-electron chi connectivity index (χ1n) is 14.0. The number of aryl methyl sites for hydroxylation is 1. The molecule has 4 heterocycles. The van der Waals surface area contributed by atoms with Crippen molar-refractivity contribution in [1.29, 1.82) is 0 Å². The lowest BCUT2D eigenvalue weighted by atomic mass is 9.94. The van der Waals surface area contributed by atoms with Crippen molar-refractivity contribution in [2.75, 3.05) is 49.1 Å². The van der Waals surface area contributed by atoms with Gasteiger partial charge in [0.1, 0.15) is 5.01 Å². The Morgan fingerprint density at radius 3 is 2.48 bits per heavy atom. The minimum atomic E-state index is -4.41. The third-order valence-corrected chi connectivity index (χ3v) is 9.13. The second kappa shape index (κ2) is 11.0. The van der Waals surface area contributed by atoms with Crippen LogP contribution in [0.4, 0.5) is 24.5 Å². The van der Waals surface area contributed by atoms with Gasteiger partial charge < -0.3 is 14.7 Å². The monoisotopic (exact) mass is 597 g/mol. The highest BCUT2D eigenvalue weighted by Gasteiger charge is 2.40. The molecular formula is C30H30F3N5O3S. The zero-order valence-corrected chi connectivity index (χ0v) is 23.9. The van der Waals surface area contributed by atoms with Crippen LogP contribution in [-0.4, -0.2) is 71.8 Å². The fraction of sp³-hybridized carbons (Fsp3) is 0.400. The van der Waals surface area contributed by atoms with E-state index in [1.165, 1.54) is 22.3 Å². The van der Waals surface area contributed by atoms with Crippen molar-refractivity contribution in [3.63, 3.8) is 0 Å². The van der Waals surface area contributed by atoms with Crippen LogP contribution in [0, 0.1) is 12.8 Å². The standard InChI is InChI=1S/C30H30F3N5O3S/c1-19-18-42-25(34-19)17-38-28(40)23-8-3-9-24(26(23)29(38)41)37-10-4-5-20(16-37)27(39)36-13-11-35(12-14-36)22-7-2-6-21(15-22)30(31,32)33/h2-3,6-9,15,18,20H,4-5,10-14,16-17H2,1H3/t20-/m0/s1. The molecule has 0 spiro atoms. The van der Waals surface area contributed by atoms with E-state index in [4.69, 9.17) is 0 Å². The van der Waals surface area contributed by atoms with Gasteiger partial charge in [0.05, 0.1) is 34.8 Å². The molecule has 2 saturated heterocycles. The van der Waals surface area contributed by atoms with Crippen molar-refractivity contribution in [3.8, 4) is 0 Å². The van der Waals surface area contributed by atoms with Crippen LogP contribution < -0.4 is 9.80 Å². The molecule has 3 amide bonds. The zero-order chi connectivity index (χ0) is 29.6. The maximum atomic E-state index is 13.6. The fourth-order valence-electron chi connectivity index (χ4n) is 6.05. The van der Waals surface area contributed by atoms with Gasteiger partial charge in [-0.3, -0.25) is 19.3 Å². The molecule has 0 bridgehead atoms. The molecule has 0 radical (unpaired) electrons. The summed E-state index contributed by atoms with van der Waals surface area (Å²) in [5.74, 6) is -0.957. The maximum Gasteiger partial charge on any atom is 0.416 e. The summed E-state index contributed by atoms with van der Waals surface area (Å²) in [6.07, 6.45) is -2.94. The lowest BCUT2D eigenvalue weighted by molar-refractivity contribution is -0.137. The van der Waals surface area contributed by atoms with Crippen LogP contribution in [-0.2, 0) is 17.5 Å². The predicted molar refractivity (Wildman–Crippen MR) is 153 cm³/mol. The molecular weight excluding hydrogens is 567 g/mol. The van der Waals surface area contributed by atoms with Crippen molar-refractivity contribution in [2.45, 2.75) is 32.5 Å². The number of benzene rings is 2. The van der Waals surface area contributed by atoms with Gasteiger partial charge in [-0.15, -0.1) is 11.3 Å². The summed E-state index contributed by atoms with van der Waals surface area (Å²) < 4.78 is 39.5. The zero-order valence-electron chi connectivity index (χ0n) is 23.1. The molecule has 0 aliphatic carbocycles. The third kappa shape index (κ3) is 5.35. The number of rotatable bonds is 5. The Morgan fingerprint density at radius 2 is 1.76 bits per heavy atom. The minimum Gasteiger partial charge on any atom is -0.370 e. The Bertz CT molecular complexity index is 1530. The van der Waals surface area contributed by atoms with E-state index >= 15 is 0 Å². The molecule has 0 saturated carbocycles. The normalized spacial score (nSPS) is 19.5. The van der Waals surface area contributed by atoms with Gasteiger partial charge in [-0.2, -0.15) is 13.2 Å². The maximum absolute atomic E-state index is 13.6. The molecule has 42 heavy (non-hydrogen) atoms. The van der Waals surface area contributed by atoms with Crippen molar-refractivity contribution in [3.05, 3.63) is 75.2 Å². The minimum absolute atomic E-state index is 0.0131. The highest BCUT2D eigenvalue weighted by Crippen LogP contribution is 2.36. The number of carbonyl (C=O) groups excluding carboxylic acids is 3. The van der Waals surface area contributed by atoms with Crippen LogP contribution in [0.15, 0.2) is 47.8 Å². The Balaban J connectivity index is 1.12. The van der Waals surface area contributed by atoms with Crippen LogP contribution in [0.3, 0.4) is 0 Å². The highest BCUT2D eigenvalue weighted by atomic mass is 32.1. The van der Waals surface area contributed by atoms with E-state index in [9.17, 15) is 27.6 Å². The van der Waals surface area contributed by atoms with Crippen molar-refractivity contribution in [2.24, 2.45) is 5.92 Å². The molecule has 2 fully saturated rings. The van der Waals surface area contributed by atoms with Gasteiger partial charge in [-0.25, -0.2) is 4.98 Å². The SMILES string of the molecule is Cc1csc(CN2C(=O)c3cccc(N4CCC[C@H](C(=O)N5CCN(c6cccc(C(F)(F)F)c6)CC5)C4)c3C2=O)n1. The van der Waals surface area contributed by atoms with Gasteiger partial charge in [-0.05, 0) is 50.1 Å². The van der Waals surface area contributed by atoms with E-state index in [2.05, 4.69) is 4.98 Å². The number of carbonyl (C=O) groups is 3. The van der Waals surface area contributed by atoms with E-state index in [0.29, 0.717) is 73.2 Å². The fourth-order valence-corrected chi connectivity index (χ4v) is 6.81. The number of alkyl halides is 3. The van der Waals surface area contributed by atoms with E-state index in [1.54, 1.807) is 23.1 Å². The molecule has 6 rings (SSSR count). The van der Waals surface area contributed by atoms with Gasteiger partial charge in [0, 0.05) is 56.0 Å². The third-order valence-electron chi connectivity index (χ3n) is 8.18. The number of piperazine rings is 1. The predicted octanol–water partition coefficient (Wildman–Crippen LogP) is 4.83. The van der Waals surface area contributed by atoms with Gasteiger partial charge in [0.15, 0.2) is 0 Å². The molecule has 12 heteroatoms. The number of anilines is 2. The van der Waals surface area contributed by atoms with Crippen LogP contribution in [0.5, 0.6) is 0 Å². The molecule has 3 aliphatic rings. The number of aromatic nitrogens is 1. The van der Waals surface area contributed by atoms with Gasteiger partial charge in [0.2, 0.25) is 5.91 Å². The molecule has 3 aliphatic heterocycles. The number of thiazole rings is 1. The first-order chi connectivity index (χ1) is 20.1. The average Bonchev–Trinajstić information content (AvgIpc) is 3.52. The number of amides is 3. The second-order valence-corrected chi connectivity index (χ2v) is 11.9. The molecule has 8 nitrogen and oxygen atoms in total. The van der Waals surface area contributed by atoms with Gasteiger partial charge >= 0.3 is 6.18 Å². The summed E-state index contributed by atoms with van der Waals surface area (Å²) in [5.41, 5.74) is 2.05. The van der Waals surface area contributed by atoms with Crippen LogP contribution in [0.2, 0.25) is 0 Å². The van der Waals surface area contributed by atoms with Gasteiger partial charge in [0.25, 0.3) is 11.8 Å².